The minimum Gasteiger partial charge on any atom is -0.403 e. The first-order chi connectivity index (χ1) is 4.79. The molecule has 0 aromatic heterocycles. The summed E-state index contributed by atoms with van der Waals surface area (Å²) in [6.45, 7) is 3.33. The van der Waals surface area contributed by atoms with Crippen molar-refractivity contribution in [2.45, 2.75) is 0 Å². The van der Waals surface area contributed by atoms with Crippen LogP contribution in [0.15, 0.2) is 21.9 Å². The van der Waals surface area contributed by atoms with E-state index in [0.717, 1.165) is 0 Å². The monoisotopic (exact) mass is 140 g/mol. The highest BCUT2D eigenvalue weighted by atomic mass is 15.0. The van der Waals surface area contributed by atoms with Gasteiger partial charge in [0.1, 0.15) is 0 Å². The van der Waals surface area contributed by atoms with Crippen LogP contribution in [-0.4, -0.2) is 26.6 Å². The van der Waals surface area contributed by atoms with Gasteiger partial charge in [0.15, 0.2) is 5.84 Å². The summed E-state index contributed by atoms with van der Waals surface area (Å²) in [5, 5.41) is 2.83. The molecular formula is C6H12N4. The molecule has 0 aliphatic carbocycles. The Balaban J connectivity index is 4.42. The van der Waals surface area contributed by atoms with Gasteiger partial charge >= 0.3 is 0 Å². The molecule has 0 spiro atoms. The normalized spacial score (nSPS) is 13.0. The molecule has 4 heteroatoms. The van der Waals surface area contributed by atoms with Crippen molar-refractivity contribution in [1.29, 1.82) is 0 Å². The predicted octanol–water partition coefficient (Wildman–Crippen LogP) is -0.265. The van der Waals surface area contributed by atoms with Gasteiger partial charge in [-0.1, -0.05) is 0 Å². The third-order valence-corrected chi connectivity index (χ3v) is 1.04. The first-order valence-corrected chi connectivity index (χ1v) is 2.83. The molecule has 0 saturated heterocycles. The highest BCUT2D eigenvalue weighted by Gasteiger charge is 1.97. The summed E-state index contributed by atoms with van der Waals surface area (Å²) in [5.74, 6) is 0.519. The van der Waals surface area contributed by atoms with Crippen LogP contribution in [0.4, 0.5) is 0 Å². The largest absolute Gasteiger partial charge is 0.403 e. The van der Waals surface area contributed by atoms with E-state index in [4.69, 9.17) is 5.73 Å². The van der Waals surface area contributed by atoms with Crippen molar-refractivity contribution in [3.8, 4) is 0 Å². The molecule has 0 fully saturated rings. The molecule has 0 heterocycles. The first kappa shape index (κ1) is 8.68. The Hall–Kier alpha value is -1.32. The molecule has 0 radical (unpaired) electrons. The van der Waals surface area contributed by atoms with Crippen LogP contribution >= 0.6 is 0 Å². The molecule has 10 heavy (non-hydrogen) atoms. The lowest BCUT2D eigenvalue weighted by atomic mass is 10.4. The maximum Gasteiger partial charge on any atom is 0.171 e. The SMILES string of the molecule is C=NC(=NC)C(=CN)NC. The standard InChI is InChI=1S/C6H12N4/c1-8-5(4-7)6(9-2)10-3/h4,8H,2,7H2,1,3H3. The Labute approximate surface area is 60.6 Å². The number of hydrogen-bond acceptors (Lipinski definition) is 3. The van der Waals surface area contributed by atoms with E-state index in [1.165, 1.54) is 6.20 Å². The van der Waals surface area contributed by atoms with Crippen molar-refractivity contribution < 1.29 is 0 Å². The molecule has 0 aliphatic heterocycles. The maximum atomic E-state index is 5.24. The summed E-state index contributed by atoms with van der Waals surface area (Å²) in [6, 6.07) is 0. The summed E-state index contributed by atoms with van der Waals surface area (Å²) < 4.78 is 0. The van der Waals surface area contributed by atoms with E-state index in [0.29, 0.717) is 11.5 Å². The van der Waals surface area contributed by atoms with E-state index in [2.05, 4.69) is 22.0 Å². The van der Waals surface area contributed by atoms with E-state index < -0.39 is 0 Å². The van der Waals surface area contributed by atoms with Crippen LogP contribution in [-0.2, 0) is 0 Å². The molecule has 0 amide bonds. The fourth-order valence-electron chi connectivity index (χ4n) is 0.546. The number of hydrogen-bond donors (Lipinski definition) is 2. The molecule has 0 aromatic rings. The fourth-order valence-corrected chi connectivity index (χ4v) is 0.546. The average Bonchev–Trinajstić information content (AvgIpc) is 2.00. The van der Waals surface area contributed by atoms with E-state index in [1.54, 1.807) is 14.1 Å². The number of nitrogens with zero attached hydrogens (tertiary/aromatic N) is 2. The van der Waals surface area contributed by atoms with Gasteiger partial charge < -0.3 is 11.1 Å². The van der Waals surface area contributed by atoms with Crippen LogP contribution in [0.2, 0.25) is 0 Å². The molecule has 0 atom stereocenters. The molecule has 0 aliphatic rings. The van der Waals surface area contributed by atoms with E-state index in [9.17, 15) is 0 Å². The van der Waals surface area contributed by atoms with Crippen molar-refractivity contribution >= 4 is 12.6 Å². The smallest absolute Gasteiger partial charge is 0.171 e. The number of amidine groups is 1. The zero-order valence-electron chi connectivity index (χ0n) is 6.26. The van der Waals surface area contributed by atoms with Crippen molar-refractivity contribution in [3.05, 3.63) is 11.9 Å². The highest BCUT2D eigenvalue weighted by Crippen LogP contribution is 1.90. The van der Waals surface area contributed by atoms with Crippen molar-refractivity contribution in [2.75, 3.05) is 14.1 Å². The zero-order valence-corrected chi connectivity index (χ0v) is 6.26. The minimum absolute atomic E-state index is 0.519. The van der Waals surface area contributed by atoms with Crippen LogP contribution in [0.3, 0.4) is 0 Å². The number of rotatable bonds is 2. The average molecular weight is 140 g/mol. The van der Waals surface area contributed by atoms with Gasteiger partial charge in [-0.2, -0.15) is 0 Å². The predicted molar refractivity (Wildman–Crippen MR) is 44.2 cm³/mol. The highest BCUT2D eigenvalue weighted by molar-refractivity contribution is 6.00. The second kappa shape index (κ2) is 4.55. The minimum atomic E-state index is 0.519. The van der Waals surface area contributed by atoms with Crippen molar-refractivity contribution in [3.63, 3.8) is 0 Å². The van der Waals surface area contributed by atoms with Gasteiger partial charge in [-0.3, -0.25) is 4.99 Å². The Morgan fingerprint density at radius 1 is 1.70 bits per heavy atom. The molecule has 56 valence electrons. The Kier molecular flexibility index (Phi) is 3.95. The molecule has 4 nitrogen and oxygen atoms in total. The Bertz CT molecular complexity index is 169. The van der Waals surface area contributed by atoms with Crippen LogP contribution in [0, 0.1) is 0 Å². The number of aliphatic imine (C=N–C) groups is 2. The summed E-state index contributed by atoms with van der Waals surface area (Å²) in [4.78, 5) is 7.46. The van der Waals surface area contributed by atoms with Crippen LogP contribution in [0.25, 0.3) is 0 Å². The van der Waals surface area contributed by atoms with Gasteiger partial charge in [-0.25, -0.2) is 4.99 Å². The van der Waals surface area contributed by atoms with E-state index in [1.807, 2.05) is 0 Å². The second-order valence-corrected chi connectivity index (χ2v) is 1.54. The molecule has 0 rings (SSSR count). The number of nitrogens with two attached hydrogens (primary N) is 1. The molecule has 3 N–H and O–H groups in total. The van der Waals surface area contributed by atoms with Gasteiger partial charge in [0.05, 0.1) is 5.70 Å². The Morgan fingerprint density at radius 2 is 2.30 bits per heavy atom. The zero-order chi connectivity index (χ0) is 7.98. The summed E-state index contributed by atoms with van der Waals surface area (Å²) in [6.07, 6.45) is 1.40. The Morgan fingerprint density at radius 3 is 2.40 bits per heavy atom. The maximum absolute atomic E-state index is 5.24. The lowest BCUT2D eigenvalue weighted by Gasteiger charge is -2.02. The number of nitrogens with one attached hydrogen (secondary N) is 1. The third-order valence-electron chi connectivity index (χ3n) is 1.04. The first-order valence-electron chi connectivity index (χ1n) is 2.83. The van der Waals surface area contributed by atoms with Gasteiger partial charge in [0.2, 0.25) is 0 Å². The second-order valence-electron chi connectivity index (χ2n) is 1.54. The third kappa shape index (κ3) is 1.89. The molecular weight excluding hydrogens is 128 g/mol. The van der Waals surface area contributed by atoms with Gasteiger partial charge in [-0.15, -0.1) is 0 Å². The van der Waals surface area contributed by atoms with Crippen LogP contribution < -0.4 is 11.1 Å². The van der Waals surface area contributed by atoms with Crippen molar-refractivity contribution in [2.24, 2.45) is 15.7 Å². The molecule has 0 unspecified atom stereocenters. The van der Waals surface area contributed by atoms with Crippen molar-refractivity contribution in [1.82, 2.24) is 5.32 Å². The molecule has 0 aromatic carbocycles. The fraction of sp³-hybridized carbons (Fsp3) is 0.333. The lowest BCUT2D eigenvalue weighted by molar-refractivity contribution is 1.03. The van der Waals surface area contributed by atoms with Gasteiger partial charge in [-0.05, 0) is 6.72 Å². The summed E-state index contributed by atoms with van der Waals surface area (Å²) >= 11 is 0. The summed E-state index contributed by atoms with van der Waals surface area (Å²) in [5.41, 5.74) is 5.92. The van der Waals surface area contributed by atoms with Gasteiger partial charge in [0, 0.05) is 20.3 Å². The number of likely N-dealkylation sites (N-methyl/N-ethyl adjacent to an activating group) is 1. The lowest BCUT2D eigenvalue weighted by Crippen LogP contribution is -2.15. The van der Waals surface area contributed by atoms with Crippen LogP contribution in [0.1, 0.15) is 0 Å². The molecule has 0 saturated carbocycles. The van der Waals surface area contributed by atoms with E-state index in [-0.39, 0.29) is 0 Å². The quantitative estimate of drug-likeness (QED) is 0.410. The topological polar surface area (TPSA) is 62.8 Å². The van der Waals surface area contributed by atoms with Crippen LogP contribution in [0.5, 0.6) is 0 Å². The van der Waals surface area contributed by atoms with Gasteiger partial charge in [0.25, 0.3) is 0 Å². The summed E-state index contributed by atoms with van der Waals surface area (Å²) in [7, 11) is 3.37. The van der Waals surface area contributed by atoms with E-state index >= 15 is 0 Å². The molecule has 0 bridgehead atoms.